The lowest BCUT2D eigenvalue weighted by Crippen LogP contribution is -2.23. The van der Waals surface area contributed by atoms with Crippen molar-refractivity contribution in [2.24, 2.45) is 5.73 Å². The molecule has 0 spiro atoms. The van der Waals surface area contributed by atoms with Gasteiger partial charge in [0.1, 0.15) is 0 Å². The van der Waals surface area contributed by atoms with Crippen LogP contribution in [0.3, 0.4) is 0 Å². The lowest BCUT2D eigenvalue weighted by molar-refractivity contribution is 0.0150. The van der Waals surface area contributed by atoms with E-state index in [9.17, 15) is 0 Å². The van der Waals surface area contributed by atoms with Gasteiger partial charge in [0.2, 0.25) is 0 Å². The summed E-state index contributed by atoms with van der Waals surface area (Å²) in [6, 6.07) is 0. The Morgan fingerprint density at radius 3 is 3.06 bits per heavy atom. The van der Waals surface area contributed by atoms with E-state index in [0.29, 0.717) is 6.10 Å². The fourth-order valence-electron chi connectivity index (χ4n) is 2.12. The topological polar surface area (TPSA) is 78.9 Å². The van der Waals surface area contributed by atoms with E-state index in [1.807, 2.05) is 4.68 Å². The van der Waals surface area contributed by atoms with Gasteiger partial charge in [0, 0.05) is 19.6 Å². The number of unbranched alkanes of at least 4 members (excludes halogenated alkanes) is 1. The van der Waals surface area contributed by atoms with Crippen molar-refractivity contribution in [1.82, 2.24) is 20.2 Å². The Hall–Kier alpha value is -1.01. The second kappa shape index (κ2) is 6.66. The maximum atomic E-state index is 5.70. The quantitative estimate of drug-likeness (QED) is 0.732. The van der Waals surface area contributed by atoms with E-state index in [1.165, 1.54) is 12.8 Å². The number of ether oxygens (including phenoxy) is 1. The predicted octanol–water partition coefficient (Wildman–Crippen LogP) is 0.524. The summed E-state index contributed by atoms with van der Waals surface area (Å²) in [6.07, 6.45) is 6.71. The number of nitrogens with two attached hydrogens (primary N) is 1. The molecule has 0 radical (unpaired) electrons. The highest BCUT2D eigenvalue weighted by Crippen LogP contribution is 2.16. The zero-order valence-corrected chi connectivity index (χ0v) is 10.2. The summed E-state index contributed by atoms with van der Waals surface area (Å²) in [4.78, 5) is 0. The van der Waals surface area contributed by atoms with Crippen LogP contribution in [0, 0.1) is 0 Å². The molecule has 1 unspecified atom stereocenters. The molecular weight excluding hydrogens is 218 g/mol. The Labute approximate surface area is 102 Å². The van der Waals surface area contributed by atoms with Crippen LogP contribution >= 0.6 is 0 Å². The van der Waals surface area contributed by atoms with Gasteiger partial charge in [-0.05, 0) is 49.1 Å². The Morgan fingerprint density at radius 1 is 1.35 bits per heavy atom. The Kier molecular flexibility index (Phi) is 4.88. The van der Waals surface area contributed by atoms with Gasteiger partial charge in [-0.15, -0.1) is 5.10 Å². The van der Waals surface area contributed by atoms with E-state index in [0.717, 1.165) is 51.2 Å². The Bertz CT molecular complexity index is 321. The fraction of sp³-hybridized carbons (Fsp3) is 0.909. The minimum Gasteiger partial charge on any atom is -0.378 e. The van der Waals surface area contributed by atoms with E-state index >= 15 is 0 Å². The minimum atomic E-state index is 0.294. The van der Waals surface area contributed by atoms with Crippen LogP contribution in [0.25, 0.3) is 0 Å². The molecule has 6 heteroatoms. The fourth-order valence-corrected chi connectivity index (χ4v) is 2.12. The number of rotatable bonds is 6. The summed E-state index contributed by atoms with van der Waals surface area (Å²) in [5, 5.41) is 11.8. The maximum Gasteiger partial charge on any atom is 0.153 e. The van der Waals surface area contributed by atoms with E-state index in [-0.39, 0.29) is 0 Å². The van der Waals surface area contributed by atoms with Crippen LogP contribution in [0.2, 0.25) is 0 Å². The summed E-state index contributed by atoms with van der Waals surface area (Å²) in [7, 11) is 0. The first-order valence-electron chi connectivity index (χ1n) is 6.47. The van der Waals surface area contributed by atoms with Crippen LogP contribution in [0.5, 0.6) is 0 Å². The summed E-state index contributed by atoms with van der Waals surface area (Å²) < 4.78 is 7.59. The van der Waals surface area contributed by atoms with E-state index < -0.39 is 0 Å². The van der Waals surface area contributed by atoms with Crippen LogP contribution < -0.4 is 5.73 Å². The van der Waals surface area contributed by atoms with Crippen LogP contribution in [0.15, 0.2) is 0 Å². The molecule has 2 rings (SSSR count). The third-order valence-corrected chi connectivity index (χ3v) is 3.11. The SMILES string of the molecule is NCCCCn1nnnc1CC1CCCCO1. The van der Waals surface area contributed by atoms with Crippen molar-refractivity contribution < 1.29 is 4.74 Å². The molecule has 1 saturated heterocycles. The van der Waals surface area contributed by atoms with Gasteiger partial charge in [-0.2, -0.15) is 0 Å². The molecular formula is C11H21N5O. The molecule has 0 saturated carbocycles. The summed E-state index contributed by atoms with van der Waals surface area (Å²) in [5.41, 5.74) is 5.47. The molecule has 0 aliphatic carbocycles. The average molecular weight is 239 g/mol. The molecule has 6 nitrogen and oxygen atoms in total. The average Bonchev–Trinajstić information content (AvgIpc) is 2.79. The highest BCUT2D eigenvalue weighted by atomic mass is 16.5. The first-order chi connectivity index (χ1) is 8.40. The number of hydrogen-bond donors (Lipinski definition) is 1. The lowest BCUT2D eigenvalue weighted by atomic mass is 10.1. The number of nitrogens with zero attached hydrogens (tertiary/aromatic N) is 4. The summed E-state index contributed by atoms with van der Waals surface area (Å²) in [6.45, 7) is 2.45. The molecule has 17 heavy (non-hydrogen) atoms. The molecule has 1 fully saturated rings. The molecule has 0 aromatic carbocycles. The highest BCUT2D eigenvalue weighted by Gasteiger charge is 2.17. The van der Waals surface area contributed by atoms with Crippen LogP contribution in [0.4, 0.5) is 0 Å². The Morgan fingerprint density at radius 2 is 2.29 bits per heavy atom. The van der Waals surface area contributed by atoms with Gasteiger partial charge in [-0.1, -0.05) is 0 Å². The third-order valence-electron chi connectivity index (χ3n) is 3.11. The van der Waals surface area contributed by atoms with Gasteiger partial charge in [0.05, 0.1) is 6.10 Å². The number of tetrazole rings is 1. The second-order valence-corrected chi connectivity index (χ2v) is 4.51. The third kappa shape index (κ3) is 3.74. The standard InChI is InChI=1S/C11H21N5O/c12-6-2-3-7-16-11(13-14-15-16)9-10-5-1-4-8-17-10/h10H,1-9,12H2. The van der Waals surface area contributed by atoms with Crippen molar-refractivity contribution in [1.29, 1.82) is 0 Å². The van der Waals surface area contributed by atoms with Crippen molar-refractivity contribution in [3.63, 3.8) is 0 Å². The Balaban J connectivity index is 1.84. The molecule has 96 valence electrons. The molecule has 1 aliphatic heterocycles. The second-order valence-electron chi connectivity index (χ2n) is 4.51. The zero-order chi connectivity index (χ0) is 11.9. The monoisotopic (exact) mass is 239 g/mol. The number of hydrogen-bond acceptors (Lipinski definition) is 5. The predicted molar refractivity (Wildman–Crippen MR) is 63.4 cm³/mol. The van der Waals surface area contributed by atoms with Gasteiger partial charge in [0.25, 0.3) is 0 Å². The highest BCUT2D eigenvalue weighted by molar-refractivity contribution is 4.85. The van der Waals surface area contributed by atoms with Crippen molar-refractivity contribution in [3.05, 3.63) is 5.82 Å². The number of aromatic nitrogens is 4. The van der Waals surface area contributed by atoms with E-state index in [1.54, 1.807) is 0 Å². The molecule has 1 aromatic heterocycles. The maximum absolute atomic E-state index is 5.70. The van der Waals surface area contributed by atoms with Crippen molar-refractivity contribution in [3.8, 4) is 0 Å². The van der Waals surface area contributed by atoms with Gasteiger partial charge in [-0.3, -0.25) is 0 Å². The molecule has 0 bridgehead atoms. The number of aryl methyl sites for hydroxylation is 1. The van der Waals surface area contributed by atoms with Gasteiger partial charge < -0.3 is 10.5 Å². The van der Waals surface area contributed by atoms with E-state index in [2.05, 4.69) is 15.5 Å². The minimum absolute atomic E-state index is 0.294. The van der Waals surface area contributed by atoms with Crippen LogP contribution in [-0.2, 0) is 17.7 Å². The largest absolute Gasteiger partial charge is 0.378 e. The smallest absolute Gasteiger partial charge is 0.153 e. The molecule has 1 aliphatic rings. The summed E-state index contributed by atoms with van der Waals surface area (Å²) in [5.74, 6) is 0.939. The van der Waals surface area contributed by atoms with Crippen molar-refractivity contribution in [2.75, 3.05) is 13.2 Å². The lowest BCUT2D eigenvalue weighted by Gasteiger charge is -2.21. The van der Waals surface area contributed by atoms with E-state index in [4.69, 9.17) is 10.5 Å². The molecule has 1 aromatic rings. The first-order valence-corrected chi connectivity index (χ1v) is 6.47. The molecule has 2 N–H and O–H groups in total. The molecule has 2 heterocycles. The first kappa shape index (κ1) is 12.4. The summed E-state index contributed by atoms with van der Waals surface area (Å²) >= 11 is 0. The van der Waals surface area contributed by atoms with Crippen LogP contribution in [0.1, 0.15) is 37.9 Å². The van der Waals surface area contributed by atoms with Gasteiger partial charge in [-0.25, -0.2) is 4.68 Å². The zero-order valence-electron chi connectivity index (χ0n) is 10.2. The van der Waals surface area contributed by atoms with Crippen molar-refractivity contribution in [2.45, 2.75) is 51.2 Å². The molecule has 1 atom stereocenters. The normalized spacial score (nSPS) is 20.6. The van der Waals surface area contributed by atoms with Crippen molar-refractivity contribution >= 4 is 0 Å². The van der Waals surface area contributed by atoms with Gasteiger partial charge in [0.15, 0.2) is 5.82 Å². The molecule has 0 amide bonds. The van der Waals surface area contributed by atoms with Crippen LogP contribution in [-0.4, -0.2) is 39.5 Å². The van der Waals surface area contributed by atoms with Gasteiger partial charge >= 0.3 is 0 Å².